The largest absolute Gasteiger partial charge is 0.482 e. The van der Waals surface area contributed by atoms with Crippen LogP contribution in [-0.2, 0) is 20.5 Å². The number of thioether (sulfide) groups is 1. The Morgan fingerprint density at radius 1 is 1.30 bits per heavy atom. The Labute approximate surface area is 200 Å². The summed E-state index contributed by atoms with van der Waals surface area (Å²) < 4.78 is 19.1. The highest BCUT2D eigenvalue weighted by molar-refractivity contribution is 7.99. The number of aliphatic hydroxyl groups excluding tert-OH is 1. The maximum Gasteiger partial charge on any atom is 0.482 e. The second-order valence-corrected chi connectivity index (χ2v) is 11.7. The maximum atomic E-state index is 12.8. The number of benzene rings is 1. The van der Waals surface area contributed by atoms with Gasteiger partial charge in [-0.3, -0.25) is 4.79 Å². The molecule has 8 heteroatoms. The first-order valence-electron chi connectivity index (χ1n) is 12.1. The number of hydrogen-bond donors (Lipinski definition) is 2. The first-order valence-corrected chi connectivity index (χ1v) is 13.2. The van der Waals surface area contributed by atoms with Crippen LogP contribution in [0, 0.1) is 17.3 Å². The predicted octanol–water partition coefficient (Wildman–Crippen LogP) is 3.84. The molecule has 1 aliphatic heterocycles. The third kappa shape index (κ3) is 4.13. The fourth-order valence-corrected chi connectivity index (χ4v) is 7.02. The number of furan rings is 1. The minimum absolute atomic E-state index is 0.0457. The Kier molecular flexibility index (Phi) is 6.31. The lowest BCUT2D eigenvalue weighted by Crippen LogP contribution is -2.65. The molecular weight excluding hydrogens is 437 g/mol. The molecule has 2 N–H and O–H groups in total. The van der Waals surface area contributed by atoms with E-state index in [1.165, 1.54) is 18.2 Å². The molecule has 4 fully saturated rings. The lowest BCUT2D eigenvalue weighted by molar-refractivity contribution is -0.199. The summed E-state index contributed by atoms with van der Waals surface area (Å²) in [6.45, 7) is 7.04. The van der Waals surface area contributed by atoms with Crippen LogP contribution in [0.3, 0.4) is 0 Å². The van der Waals surface area contributed by atoms with Crippen LogP contribution >= 0.6 is 11.8 Å². The normalized spacial score (nSPS) is 30.7. The molecule has 3 saturated carbocycles. The van der Waals surface area contributed by atoms with Gasteiger partial charge in [0.15, 0.2) is 0 Å². The quantitative estimate of drug-likeness (QED) is 0.427. The van der Waals surface area contributed by atoms with E-state index in [2.05, 4.69) is 26.1 Å². The summed E-state index contributed by atoms with van der Waals surface area (Å²) in [5, 5.41) is 14.3. The molecule has 0 radical (unpaired) electrons. The van der Waals surface area contributed by atoms with E-state index in [0.29, 0.717) is 30.4 Å². The van der Waals surface area contributed by atoms with E-state index in [-0.39, 0.29) is 35.6 Å². The van der Waals surface area contributed by atoms with Gasteiger partial charge >= 0.3 is 7.12 Å². The van der Waals surface area contributed by atoms with Gasteiger partial charge in [-0.05, 0) is 49.2 Å². The smallest absolute Gasteiger partial charge is 0.468 e. The van der Waals surface area contributed by atoms with Crippen molar-refractivity contribution in [3.63, 3.8) is 0 Å². The Morgan fingerprint density at radius 2 is 2.12 bits per heavy atom. The SMILES string of the molecule is CC1(C)[C@@H]2C[C@H]3OB([C@H](Cc4occ5ccccc45)NC(=O)CSCCCO)O[C@@]3(C)[C@H]1C2. The molecule has 1 aromatic carbocycles. The number of carbonyl (C=O) groups excluding carboxylic acids is 1. The molecular formula is C25H34BNO5S. The average molecular weight is 471 g/mol. The number of carbonyl (C=O) groups is 1. The van der Waals surface area contributed by atoms with Gasteiger partial charge in [0.05, 0.1) is 29.7 Å². The minimum atomic E-state index is -0.509. The van der Waals surface area contributed by atoms with Crippen molar-refractivity contribution in [2.75, 3.05) is 18.1 Å². The molecule has 4 aliphatic rings. The third-order valence-corrected chi connectivity index (χ3v) is 9.36. The molecule has 0 spiro atoms. The summed E-state index contributed by atoms with van der Waals surface area (Å²) in [5.41, 5.74) is -0.0597. The summed E-state index contributed by atoms with van der Waals surface area (Å²) >= 11 is 1.53. The zero-order chi connectivity index (χ0) is 23.2. The second kappa shape index (κ2) is 8.95. The molecule has 2 bridgehead atoms. The zero-order valence-corrected chi connectivity index (χ0v) is 20.5. The molecule has 178 valence electrons. The summed E-state index contributed by atoms with van der Waals surface area (Å²) in [5.74, 6) is 2.69. The molecule has 3 aliphatic carbocycles. The van der Waals surface area contributed by atoms with E-state index in [4.69, 9.17) is 18.8 Å². The molecule has 1 saturated heterocycles. The number of rotatable bonds is 9. The first kappa shape index (κ1) is 23.3. The molecule has 1 aromatic heterocycles. The van der Waals surface area contributed by atoms with Gasteiger partial charge in [0, 0.05) is 23.8 Å². The van der Waals surface area contributed by atoms with Crippen LogP contribution in [0.2, 0.25) is 0 Å². The van der Waals surface area contributed by atoms with Crippen molar-refractivity contribution in [1.82, 2.24) is 5.32 Å². The Morgan fingerprint density at radius 3 is 2.91 bits per heavy atom. The lowest BCUT2D eigenvalue weighted by atomic mass is 9.43. The Balaban J connectivity index is 1.34. The Hall–Kier alpha value is -1.48. The zero-order valence-electron chi connectivity index (χ0n) is 19.7. The molecule has 2 heterocycles. The highest BCUT2D eigenvalue weighted by atomic mass is 32.2. The van der Waals surface area contributed by atoms with Crippen molar-refractivity contribution in [3.05, 3.63) is 36.3 Å². The standard InChI is InChI=1S/C25H34BNO5S/c1-24(2)17-11-20(24)25(3)21(12-17)31-26(32-25)22(27-23(29)15-33-10-6-9-28)13-19-18-8-5-4-7-16(18)14-30-19/h4-5,7-8,14,17,20-22,28H,6,9-13,15H2,1-3H3,(H,27,29)/t17-,20-,21+,22-,25-/m0/s1. The van der Waals surface area contributed by atoms with Crippen molar-refractivity contribution in [2.45, 2.75) is 64.1 Å². The molecule has 33 heavy (non-hydrogen) atoms. The van der Waals surface area contributed by atoms with E-state index < -0.39 is 7.12 Å². The Bertz CT molecular complexity index is 1010. The van der Waals surface area contributed by atoms with E-state index in [0.717, 1.165) is 28.7 Å². The van der Waals surface area contributed by atoms with E-state index in [1.54, 1.807) is 6.26 Å². The maximum absolute atomic E-state index is 12.8. The number of amides is 1. The van der Waals surface area contributed by atoms with Gasteiger partial charge in [-0.1, -0.05) is 38.1 Å². The number of nitrogens with one attached hydrogen (secondary N) is 1. The molecule has 0 unspecified atom stereocenters. The van der Waals surface area contributed by atoms with Gasteiger partial charge in [0.1, 0.15) is 5.76 Å². The number of fused-ring (bicyclic) bond motifs is 1. The first-order chi connectivity index (χ1) is 15.8. The summed E-state index contributed by atoms with van der Waals surface area (Å²) in [7, 11) is -0.509. The summed E-state index contributed by atoms with van der Waals surface area (Å²) in [4.78, 5) is 12.8. The van der Waals surface area contributed by atoms with Crippen LogP contribution in [0.25, 0.3) is 10.8 Å². The van der Waals surface area contributed by atoms with E-state index in [1.807, 2.05) is 24.3 Å². The van der Waals surface area contributed by atoms with Crippen LogP contribution in [0.4, 0.5) is 0 Å². The topological polar surface area (TPSA) is 80.9 Å². The monoisotopic (exact) mass is 471 g/mol. The number of hydrogen-bond acceptors (Lipinski definition) is 6. The lowest BCUT2D eigenvalue weighted by Gasteiger charge is -2.64. The third-order valence-electron chi connectivity index (χ3n) is 8.32. The van der Waals surface area contributed by atoms with E-state index in [9.17, 15) is 4.79 Å². The van der Waals surface area contributed by atoms with Gasteiger partial charge in [0.2, 0.25) is 5.91 Å². The second-order valence-electron chi connectivity index (χ2n) is 10.6. The van der Waals surface area contributed by atoms with Gasteiger partial charge in [-0.25, -0.2) is 0 Å². The minimum Gasteiger partial charge on any atom is -0.468 e. The average Bonchev–Trinajstić information content (AvgIpc) is 3.36. The van der Waals surface area contributed by atoms with Gasteiger partial charge in [-0.15, -0.1) is 0 Å². The fourth-order valence-electron chi connectivity index (χ4n) is 6.28. The van der Waals surface area contributed by atoms with Gasteiger partial charge in [-0.2, -0.15) is 11.8 Å². The van der Waals surface area contributed by atoms with Crippen LogP contribution in [0.15, 0.2) is 34.9 Å². The molecule has 2 aromatic rings. The van der Waals surface area contributed by atoms with Crippen LogP contribution in [-0.4, -0.2) is 53.9 Å². The van der Waals surface area contributed by atoms with E-state index >= 15 is 0 Å². The molecule has 1 amide bonds. The summed E-state index contributed by atoms with van der Waals surface area (Å²) in [6.07, 6.45) is 5.22. The van der Waals surface area contributed by atoms with Crippen LogP contribution < -0.4 is 5.32 Å². The van der Waals surface area contributed by atoms with Crippen LogP contribution in [0.5, 0.6) is 0 Å². The molecule has 6 rings (SSSR count). The van der Waals surface area contributed by atoms with Gasteiger partial charge < -0.3 is 24.1 Å². The molecule has 5 atom stereocenters. The van der Waals surface area contributed by atoms with Gasteiger partial charge in [0.25, 0.3) is 0 Å². The number of aliphatic hydroxyl groups is 1. The molecule has 6 nitrogen and oxygen atoms in total. The summed E-state index contributed by atoms with van der Waals surface area (Å²) in [6, 6.07) is 8.07. The van der Waals surface area contributed by atoms with Crippen molar-refractivity contribution in [3.8, 4) is 0 Å². The highest BCUT2D eigenvalue weighted by Gasteiger charge is 2.68. The fraction of sp³-hybridized carbons (Fsp3) is 0.640. The van der Waals surface area contributed by atoms with Crippen molar-refractivity contribution < 1.29 is 23.6 Å². The van der Waals surface area contributed by atoms with Crippen molar-refractivity contribution in [1.29, 1.82) is 0 Å². The van der Waals surface area contributed by atoms with Crippen molar-refractivity contribution >= 4 is 35.6 Å². The van der Waals surface area contributed by atoms with Crippen LogP contribution in [0.1, 0.15) is 45.8 Å². The predicted molar refractivity (Wildman–Crippen MR) is 131 cm³/mol. The highest BCUT2D eigenvalue weighted by Crippen LogP contribution is 2.65. The van der Waals surface area contributed by atoms with Crippen molar-refractivity contribution in [2.24, 2.45) is 17.3 Å².